The fourth-order valence-electron chi connectivity index (χ4n) is 3.98. The van der Waals surface area contributed by atoms with Crippen LogP contribution < -0.4 is 10.2 Å². The summed E-state index contributed by atoms with van der Waals surface area (Å²) in [5, 5.41) is 2.99. The lowest BCUT2D eigenvalue weighted by atomic mass is 10.0. The zero-order chi connectivity index (χ0) is 19.7. The molecule has 3 amide bonds. The van der Waals surface area contributed by atoms with Crippen LogP contribution in [0.1, 0.15) is 24.0 Å². The van der Waals surface area contributed by atoms with Crippen molar-refractivity contribution in [2.75, 3.05) is 29.1 Å². The molecule has 6 heteroatoms. The van der Waals surface area contributed by atoms with Crippen LogP contribution >= 0.6 is 11.8 Å². The SMILES string of the molecule is Cc1ccc(N2C(=O)CSC23CCN(C(=O)Nc2cccc(C)c2)CC3)cc1. The molecule has 2 saturated heterocycles. The predicted octanol–water partition coefficient (Wildman–Crippen LogP) is 4.41. The molecule has 2 aliphatic rings. The van der Waals surface area contributed by atoms with Gasteiger partial charge < -0.3 is 10.2 Å². The number of nitrogens with one attached hydrogen (secondary N) is 1. The molecule has 4 rings (SSSR count). The number of aryl methyl sites for hydroxylation is 2. The van der Waals surface area contributed by atoms with Gasteiger partial charge in [0.15, 0.2) is 0 Å². The molecule has 0 aromatic heterocycles. The topological polar surface area (TPSA) is 52.7 Å². The third-order valence-electron chi connectivity index (χ3n) is 5.51. The Labute approximate surface area is 170 Å². The Kier molecular flexibility index (Phi) is 5.06. The normalized spacial score (nSPS) is 18.6. The number of rotatable bonds is 2. The fourth-order valence-corrected chi connectivity index (χ4v) is 5.31. The van der Waals surface area contributed by atoms with Crippen LogP contribution in [0, 0.1) is 13.8 Å². The number of thioether (sulfide) groups is 1. The quantitative estimate of drug-likeness (QED) is 0.820. The number of carbonyl (C=O) groups is 2. The van der Waals surface area contributed by atoms with E-state index in [4.69, 9.17) is 0 Å². The third-order valence-corrected chi connectivity index (χ3v) is 7.03. The Morgan fingerprint density at radius 1 is 1.04 bits per heavy atom. The maximum Gasteiger partial charge on any atom is 0.321 e. The number of anilines is 2. The minimum Gasteiger partial charge on any atom is -0.324 e. The molecule has 0 radical (unpaired) electrons. The van der Waals surface area contributed by atoms with E-state index in [9.17, 15) is 9.59 Å². The summed E-state index contributed by atoms with van der Waals surface area (Å²) >= 11 is 1.72. The smallest absolute Gasteiger partial charge is 0.321 e. The van der Waals surface area contributed by atoms with Gasteiger partial charge in [-0.3, -0.25) is 9.69 Å². The van der Waals surface area contributed by atoms with Crippen LogP contribution in [0.2, 0.25) is 0 Å². The van der Waals surface area contributed by atoms with Crippen LogP contribution in [0.3, 0.4) is 0 Å². The van der Waals surface area contributed by atoms with Gasteiger partial charge in [0.1, 0.15) is 0 Å². The van der Waals surface area contributed by atoms with E-state index in [0.717, 1.165) is 29.8 Å². The molecule has 5 nitrogen and oxygen atoms in total. The van der Waals surface area contributed by atoms with Crippen molar-refractivity contribution in [3.8, 4) is 0 Å². The summed E-state index contributed by atoms with van der Waals surface area (Å²) in [6, 6.07) is 15.9. The summed E-state index contributed by atoms with van der Waals surface area (Å²) in [7, 11) is 0. The van der Waals surface area contributed by atoms with Crippen molar-refractivity contribution in [2.24, 2.45) is 0 Å². The molecule has 2 heterocycles. The molecule has 1 N–H and O–H groups in total. The Hall–Kier alpha value is -2.47. The first-order valence-corrected chi connectivity index (χ1v) is 10.6. The number of carbonyl (C=O) groups excluding carboxylic acids is 2. The Morgan fingerprint density at radius 3 is 2.43 bits per heavy atom. The molecule has 146 valence electrons. The second kappa shape index (κ2) is 7.51. The molecule has 2 fully saturated rings. The standard InChI is InChI=1S/C22H25N3O2S/c1-16-6-8-19(9-7-16)25-20(26)15-28-22(25)10-12-24(13-11-22)21(27)23-18-5-3-4-17(2)14-18/h3-9,14H,10-13,15H2,1-2H3,(H,23,27). The maximum absolute atomic E-state index is 12.7. The van der Waals surface area contributed by atoms with Crippen molar-refractivity contribution in [1.82, 2.24) is 4.90 Å². The van der Waals surface area contributed by atoms with Crippen molar-refractivity contribution in [1.29, 1.82) is 0 Å². The number of benzene rings is 2. The van der Waals surface area contributed by atoms with E-state index in [1.165, 1.54) is 5.56 Å². The van der Waals surface area contributed by atoms with Crippen LogP contribution in [-0.4, -0.2) is 40.6 Å². The van der Waals surface area contributed by atoms with Crippen LogP contribution in [-0.2, 0) is 4.79 Å². The van der Waals surface area contributed by atoms with E-state index in [0.29, 0.717) is 18.8 Å². The van der Waals surface area contributed by atoms with Crippen LogP contribution in [0.15, 0.2) is 48.5 Å². The minimum absolute atomic E-state index is 0.0725. The van der Waals surface area contributed by atoms with Gasteiger partial charge in [-0.1, -0.05) is 29.8 Å². The lowest BCUT2D eigenvalue weighted by molar-refractivity contribution is -0.116. The van der Waals surface area contributed by atoms with Gasteiger partial charge >= 0.3 is 6.03 Å². The first-order chi connectivity index (χ1) is 13.5. The van der Waals surface area contributed by atoms with Gasteiger partial charge in [0.2, 0.25) is 5.91 Å². The molecule has 2 aliphatic heterocycles. The largest absolute Gasteiger partial charge is 0.324 e. The second-order valence-electron chi connectivity index (χ2n) is 7.59. The highest BCUT2D eigenvalue weighted by atomic mass is 32.2. The van der Waals surface area contributed by atoms with E-state index >= 15 is 0 Å². The molecular weight excluding hydrogens is 370 g/mol. The Balaban J connectivity index is 1.45. The summed E-state index contributed by atoms with van der Waals surface area (Å²) in [4.78, 5) is 28.9. The number of urea groups is 1. The van der Waals surface area contributed by atoms with Crippen LogP contribution in [0.5, 0.6) is 0 Å². The zero-order valence-corrected chi connectivity index (χ0v) is 17.1. The monoisotopic (exact) mass is 395 g/mol. The average Bonchev–Trinajstić information content (AvgIpc) is 2.99. The van der Waals surface area contributed by atoms with Crippen molar-refractivity contribution in [2.45, 2.75) is 31.6 Å². The molecule has 0 atom stereocenters. The molecule has 0 aliphatic carbocycles. The number of hydrogen-bond acceptors (Lipinski definition) is 3. The molecule has 0 saturated carbocycles. The Morgan fingerprint density at radius 2 is 1.75 bits per heavy atom. The highest BCUT2D eigenvalue weighted by Crippen LogP contribution is 2.46. The lowest BCUT2D eigenvalue weighted by Crippen LogP contribution is -2.53. The van der Waals surface area contributed by atoms with Crippen LogP contribution in [0.4, 0.5) is 16.2 Å². The first kappa shape index (κ1) is 18.9. The highest BCUT2D eigenvalue weighted by molar-refractivity contribution is 8.02. The number of likely N-dealkylation sites (tertiary alicyclic amines) is 1. The second-order valence-corrected chi connectivity index (χ2v) is 8.92. The summed E-state index contributed by atoms with van der Waals surface area (Å²) in [5.74, 6) is 0.662. The minimum atomic E-state index is -0.244. The van der Waals surface area contributed by atoms with E-state index in [1.54, 1.807) is 11.8 Å². The van der Waals surface area contributed by atoms with E-state index in [2.05, 4.69) is 5.32 Å². The van der Waals surface area contributed by atoms with E-state index in [1.807, 2.05) is 72.2 Å². The summed E-state index contributed by atoms with van der Waals surface area (Å²) < 4.78 is 0. The first-order valence-electron chi connectivity index (χ1n) is 9.63. The van der Waals surface area contributed by atoms with Gasteiger partial charge in [-0.2, -0.15) is 0 Å². The van der Waals surface area contributed by atoms with Gasteiger partial charge in [0.05, 0.1) is 10.6 Å². The lowest BCUT2D eigenvalue weighted by Gasteiger charge is -2.43. The maximum atomic E-state index is 12.7. The number of nitrogens with zero attached hydrogens (tertiary/aromatic N) is 2. The molecule has 28 heavy (non-hydrogen) atoms. The van der Waals surface area contributed by atoms with Crippen molar-refractivity contribution in [3.05, 3.63) is 59.7 Å². The Bertz CT molecular complexity index is 889. The molecule has 0 unspecified atom stereocenters. The van der Waals surface area contributed by atoms with E-state index < -0.39 is 0 Å². The molecular formula is C22H25N3O2S. The summed E-state index contributed by atoms with van der Waals surface area (Å²) in [5.41, 5.74) is 4.07. The zero-order valence-electron chi connectivity index (χ0n) is 16.3. The van der Waals surface area contributed by atoms with Gasteiger partial charge in [-0.25, -0.2) is 4.79 Å². The van der Waals surface area contributed by atoms with Crippen molar-refractivity contribution in [3.63, 3.8) is 0 Å². The number of piperidine rings is 1. The van der Waals surface area contributed by atoms with Crippen molar-refractivity contribution >= 4 is 35.1 Å². The molecule has 0 bridgehead atoms. The fraction of sp³-hybridized carbons (Fsp3) is 0.364. The van der Waals surface area contributed by atoms with Crippen molar-refractivity contribution < 1.29 is 9.59 Å². The predicted molar refractivity (Wildman–Crippen MR) is 115 cm³/mol. The van der Waals surface area contributed by atoms with Crippen LogP contribution in [0.25, 0.3) is 0 Å². The summed E-state index contributed by atoms with van der Waals surface area (Å²) in [6.45, 7) is 5.33. The highest BCUT2D eigenvalue weighted by Gasteiger charge is 2.49. The number of amides is 3. The molecule has 1 spiro atoms. The third kappa shape index (κ3) is 3.61. The number of hydrogen-bond donors (Lipinski definition) is 1. The van der Waals surface area contributed by atoms with Gasteiger partial charge in [-0.15, -0.1) is 11.8 Å². The van der Waals surface area contributed by atoms with Gasteiger partial charge in [-0.05, 0) is 56.5 Å². The van der Waals surface area contributed by atoms with Gasteiger partial charge in [0.25, 0.3) is 0 Å². The average molecular weight is 396 g/mol. The molecule has 2 aromatic rings. The van der Waals surface area contributed by atoms with E-state index in [-0.39, 0.29) is 16.8 Å². The summed E-state index contributed by atoms with van der Waals surface area (Å²) in [6.07, 6.45) is 1.55. The van der Waals surface area contributed by atoms with Gasteiger partial charge in [0, 0.05) is 24.5 Å². The molecule has 2 aromatic carbocycles.